The van der Waals surface area contributed by atoms with Gasteiger partial charge in [0.05, 0.1) is 34.4 Å². The van der Waals surface area contributed by atoms with Crippen LogP contribution >= 0.6 is 0 Å². The Labute approximate surface area is 178 Å². The number of ether oxygens (including phenoxy) is 3. The second kappa shape index (κ2) is 8.96. The first-order valence-corrected chi connectivity index (χ1v) is 10.6. The molecule has 6 nitrogen and oxygen atoms in total. The van der Waals surface area contributed by atoms with E-state index in [1.54, 1.807) is 21.3 Å². The molecule has 4 rings (SSSR count). The number of fused-ring (bicyclic) bond motifs is 1. The molecule has 0 saturated heterocycles. The van der Waals surface area contributed by atoms with Gasteiger partial charge < -0.3 is 24.4 Å². The molecule has 1 amide bonds. The summed E-state index contributed by atoms with van der Waals surface area (Å²) in [6, 6.07) is 12.6. The van der Waals surface area contributed by atoms with Crippen molar-refractivity contribution in [3.05, 3.63) is 53.1 Å². The van der Waals surface area contributed by atoms with E-state index in [2.05, 4.69) is 29.6 Å². The highest BCUT2D eigenvalue weighted by molar-refractivity contribution is 5.80. The van der Waals surface area contributed by atoms with Crippen LogP contribution < -0.4 is 24.4 Å². The van der Waals surface area contributed by atoms with Crippen molar-refractivity contribution in [2.24, 2.45) is 5.92 Å². The van der Waals surface area contributed by atoms with E-state index in [1.807, 2.05) is 12.1 Å². The quantitative estimate of drug-likeness (QED) is 0.697. The van der Waals surface area contributed by atoms with Gasteiger partial charge in [-0.2, -0.15) is 0 Å². The Hall–Kier alpha value is -2.73. The lowest BCUT2D eigenvalue weighted by atomic mass is 9.91. The number of quaternary nitrogens is 1. The number of benzene rings is 2. The molecule has 1 unspecified atom stereocenters. The van der Waals surface area contributed by atoms with Crippen molar-refractivity contribution in [3.8, 4) is 17.2 Å². The summed E-state index contributed by atoms with van der Waals surface area (Å²) in [5, 5.41) is 3.20. The van der Waals surface area contributed by atoms with Gasteiger partial charge in [0.1, 0.15) is 18.3 Å². The van der Waals surface area contributed by atoms with E-state index in [-0.39, 0.29) is 17.9 Å². The van der Waals surface area contributed by atoms with Crippen LogP contribution in [0.25, 0.3) is 0 Å². The van der Waals surface area contributed by atoms with Crippen LogP contribution in [0, 0.1) is 5.92 Å². The number of hydrogen-bond acceptors (Lipinski definition) is 4. The summed E-state index contributed by atoms with van der Waals surface area (Å²) in [5.74, 6) is 2.76. The van der Waals surface area contributed by atoms with Crippen LogP contribution in [0.1, 0.15) is 35.6 Å². The first-order chi connectivity index (χ1) is 14.6. The average molecular weight is 412 g/mol. The molecule has 2 aromatic carbocycles. The van der Waals surface area contributed by atoms with Crippen molar-refractivity contribution in [3.63, 3.8) is 0 Å². The average Bonchev–Trinajstić information content (AvgIpc) is 3.63. The van der Waals surface area contributed by atoms with Gasteiger partial charge in [-0.05, 0) is 54.8 Å². The van der Waals surface area contributed by atoms with E-state index >= 15 is 0 Å². The molecule has 0 bridgehead atoms. The van der Waals surface area contributed by atoms with Gasteiger partial charge in [-0.3, -0.25) is 4.79 Å². The highest BCUT2D eigenvalue weighted by Crippen LogP contribution is 2.34. The number of hydrogen-bond donors (Lipinski definition) is 2. The van der Waals surface area contributed by atoms with Crippen molar-refractivity contribution in [1.82, 2.24) is 5.32 Å². The minimum absolute atomic E-state index is 0.165. The van der Waals surface area contributed by atoms with Gasteiger partial charge in [0.2, 0.25) is 5.91 Å². The first-order valence-electron chi connectivity index (χ1n) is 10.6. The third kappa shape index (κ3) is 4.38. The number of carbonyl (C=O) groups is 1. The Morgan fingerprint density at radius 2 is 1.73 bits per heavy atom. The fraction of sp³-hybridized carbons (Fsp3) is 0.458. The maximum Gasteiger partial charge on any atom is 0.223 e. The van der Waals surface area contributed by atoms with Gasteiger partial charge in [-0.15, -0.1) is 0 Å². The number of carbonyl (C=O) groups excluding carboxylic acids is 1. The summed E-state index contributed by atoms with van der Waals surface area (Å²) in [7, 11) is 5.02. The van der Waals surface area contributed by atoms with Gasteiger partial charge >= 0.3 is 0 Å². The van der Waals surface area contributed by atoms with E-state index in [0.29, 0.717) is 6.54 Å². The van der Waals surface area contributed by atoms with Crippen molar-refractivity contribution in [2.75, 3.05) is 34.4 Å². The molecule has 2 atom stereocenters. The normalized spacial score (nSPS) is 20.2. The van der Waals surface area contributed by atoms with Gasteiger partial charge in [-0.25, -0.2) is 0 Å². The van der Waals surface area contributed by atoms with Crippen LogP contribution in [0.15, 0.2) is 36.4 Å². The molecular formula is C24H31N2O4+. The first kappa shape index (κ1) is 20.5. The summed E-state index contributed by atoms with van der Waals surface area (Å²) in [4.78, 5) is 13.8. The molecule has 30 heavy (non-hydrogen) atoms. The summed E-state index contributed by atoms with van der Waals surface area (Å²) >= 11 is 0. The minimum atomic E-state index is 0.165. The standard InChI is InChI=1S/C24H30N2O4/c1-28-19-8-4-16(5-9-19)15-26-11-10-18-12-22(29-2)23(30-3)13-20(18)21(26)14-25-24(27)17-6-7-17/h4-5,8-9,12-13,17,21H,6-7,10-11,14-15H2,1-3H3,(H,25,27)/p+1/t21-/m0/s1. The molecule has 0 radical (unpaired) electrons. The largest absolute Gasteiger partial charge is 0.497 e. The second-order valence-electron chi connectivity index (χ2n) is 8.16. The summed E-state index contributed by atoms with van der Waals surface area (Å²) in [6.07, 6.45) is 3.00. The topological polar surface area (TPSA) is 61.2 Å². The summed E-state index contributed by atoms with van der Waals surface area (Å²) in [5.41, 5.74) is 3.77. The van der Waals surface area contributed by atoms with Crippen LogP contribution in [0.5, 0.6) is 17.2 Å². The fourth-order valence-electron chi connectivity index (χ4n) is 4.33. The molecule has 6 heteroatoms. The van der Waals surface area contributed by atoms with E-state index < -0.39 is 0 Å². The predicted molar refractivity (Wildman–Crippen MR) is 114 cm³/mol. The summed E-state index contributed by atoms with van der Waals surface area (Å²) in [6.45, 7) is 2.52. The van der Waals surface area contributed by atoms with Gasteiger partial charge in [0.25, 0.3) is 0 Å². The third-order valence-corrected chi connectivity index (χ3v) is 6.25. The van der Waals surface area contributed by atoms with E-state index in [0.717, 1.165) is 49.6 Å². The van der Waals surface area contributed by atoms with Crippen LogP contribution in [0.2, 0.25) is 0 Å². The summed E-state index contributed by atoms with van der Waals surface area (Å²) < 4.78 is 16.4. The van der Waals surface area contributed by atoms with Crippen LogP contribution in [-0.2, 0) is 17.8 Å². The third-order valence-electron chi connectivity index (χ3n) is 6.25. The Balaban J connectivity index is 1.60. The van der Waals surface area contributed by atoms with Crippen LogP contribution in [0.4, 0.5) is 0 Å². The molecule has 2 aliphatic rings. The molecule has 1 aliphatic carbocycles. The maximum atomic E-state index is 12.3. The minimum Gasteiger partial charge on any atom is -0.497 e. The highest BCUT2D eigenvalue weighted by Gasteiger charge is 2.35. The molecule has 1 heterocycles. The molecule has 0 spiro atoms. The zero-order valence-electron chi connectivity index (χ0n) is 18.0. The molecule has 1 saturated carbocycles. The van der Waals surface area contributed by atoms with Gasteiger partial charge in [0, 0.05) is 23.5 Å². The lowest BCUT2D eigenvalue weighted by molar-refractivity contribution is -0.945. The zero-order chi connectivity index (χ0) is 21.1. The number of amides is 1. The molecule has 2 N–H and O–H groups in total. The maximum absolute atomic E-state index is 12.3. The molecule has 1 aliphatic heterocycles. The lowest BCUT2D eigenvalue weighted by Crippen LogP contribution is -3.12. The molecule has 0 aromatic heterocycles. The van der Waals surface area contributed by atoms with Gasteiger partial charge in [0.15, 0.2) is 11.5 Å². The van der Waals surface area contributed by atoms with Crippen LogP contribution in [0.3, 0.4) is 0 Å². The molecule has 160 valence electrons. The Morgan fingerprint density at radius 1 is 1.03 bits per heavy atom. The predicted octanol–water partition coefficient (Wildman–Crippen LogP) is 1.92. The fourth-order valence-corrected chi connectivity index (χ4v) is 4.33. The van der Waals surface area contributed by atoms with Crippen molar-refractivity contribution >= 4 is 5.91 Å². The second-order valence-corrected chi connectivity index (χ2v) is 8.16. The molecule has 2 aromatic rings. The van der Waals surface area contributed by atoms with Crippen LogP contribution in [-0.4, -0.2) is 40.3 Å². The van der Waals surface area contributed by atoms with Crippen molar-refractivity contribution in [1.29, 1.82) is 0 Å². The SMILES string of the molecule is COc1ccc(C[NH+]2CCc3cc(OC)c(OC)cc3[C@@H]2CNC(=O)C2CC2)cc1. The smallest absolute Gasteiger partial charge is 0.223 e. The lowest BCUT2D eigenvalue weighted by Gasteiger charge is -2.35. The molecular weight excluding hydrogens is 380 g/mol. The Kier molecular flexibility index (Phi) is 6.13. The number of nitrogens with one attached hydrogen (secondary N) is 2. The van der Waals surface area contributed by atoms with E-state index in [9.17, 15) is 4.79 Å². The van der Waals surface area contributed by atoms with Gasteiger partial charge in [-0.1, -0.05) is 0 Å². The molecule has 1 fully saturated rings. The van der Waals surface area contributed by atoms with E-state index in [4.69, 9.17) is 14.2 Å². The zero-order valence-corrected chi connectivity index (χ0v) is 18.0. The van der Waals surface area contributed by atoms with E-state index in [1.165, 1.54) is 21.6 Å². The number of rotatable bonds is 8. The Bertz CT molecular complexity index is 893. The highest BCUT2D eigenvalue weighted by atomic mass is 16.5. The Morgan fingerprint density at radius 3 is 2.37 bits per heavy atom. The van der Waals surface area contributed by atoms with Crippen molar-refractivity contribution < 1.29 is 23.9 Å². The van der Waals surface area contributed by atoms with Crippen molar-refractivity contribution in [2.45, 2.75) is 31.8 Å². The monoisotopic (exact) mass is 411 g/mol. The number of methoxy groups -OCH3 is 3.